The smallest absolute Gasteiger partial charge is 0.255 e. The van der Waals surface area contributed by atoms with E-state index in [1.54, 1.807) is 17.0 Å². The number of morpholine rings is 1. The van der Waals surface area contributed by atoms with E-state index in [1.165, 1.54) is 6.33 Å². The van der Waals surface area contributed by atoms with E-state index < -0.39 is 0 Å². The summed E-state index contributed by atoms with van der Waals surface area (Å²) in [6, 6.07) is 20.3. The molecule has 2 amide bonds. The number of rotatable bonds is 7. The van der Waals surface area contributed by atoms with Gasteiger partial charge < -0.3 is 20.1 Å². The number of carbonyl (C=O) groups is 2. The number of aliphatic hydroxyl groups excluding tert-OH is 1. The van der Waals surface area contributed by atoms with Crippen LogP contribution in [0.4, 0.5) is 5.69 Å². The molecule has 42 heavy (non-hydrogen) atoms. The molecular formula is C33H35N5O4. The first kappa shape index (κ1) is 29.0. The van der Waals surface area contributed by atoms with Crippen LogP contribution in [-0.4, -0.2) is 63.1 Å². The molecule has 1 fully saturated rings. The van der Waals surface area contributed by atoms with Crippen molar-refractivity contribution in [1.82, 2.24) is 19.9 Å². The summed E-state index contributed by atoms with van der Waals surface area (Å²) in [4.78, 5) is 40.9. The van der Waals surface area contributed by atoms with Crippen molar-refractivity contribution in [2.45, 2.75) is 39.2 Å². The zero-order valence-corrected chi connectivity index (χ0v) is 24.1. The Labute approximate surface area is 245 Å². The van der Waals surface area contributed by atoms with E-state index in [9.17, 15) is 14.7 Å². The maximum Gasteiger partial charge on any atom is 0.255 e. The predicted octanol–water partition coefficient (Wildman–Crippen LogP) is 4.64. The van der Waals surface area contributed by atoms with Crippen molar-refractivity contribution in [1.29, 1.82) is 0 Å². The molecule has 5 rings (SSSR count). The van der Waals surface area contributed by atoms with Crippen molar-refractivity contribution in [2.24, 2.45) is 0 Å². The Hall–Kier alpha value is -4.47. The minimum absolute atomic E-state index is 0.00211. The number of aliphatic hydroxyl groups is 1. The quantitative estimate of drug-likeness (QED) is 0.335. The zero-order valence-electron chi connectivity index (χ0n) is 24.1. The van der Waals surface area contributed by atoms with Crippen LogP contribution in [0.25, 0.3) is 11.4 Å². The third-order valence-electron chi connectivity index (χ3n) is 7.32. The van der Waals surface area contributed by atoms with Gasteiger partial charge in [0.1, 0.15) is 12.2 Å². The summed E-state index contributed by atoms with van der Waals surface area (Å²) < 4.78 is 5.34. The molecule has 9 nitrogen and oxygen atoms in total. The molecule has 9 heteroatoms. The number of nitrogens with one attached hydrogen (secondary N) is 1. The zero-order chi connectivity index (χ0) is 29.7. The number of hydrogen-bond donors (Lipinski definition) is 2. The highest BCUT2D eigenvalue weighted by atomic mass is 16.5. The molecule has 1 aliphatic rings. The van der Waals surface area contributed by atoms with Crippen molar-refractivity contribution in [3.8, 4) is 11.4 Å². The summed E-state index contributed by atoms with van der Waals surface area (Å²) in [6.45, 7) is 8.37. The van der Waals surface area contributed by atoms with E-state index in [-0.39, 0.29) is 23.8 Å². The molecule has 0 radical (unpaired) electrons. The van der Waals surface area contributed by atoms with Crippen LogP contribution >= 0.6 is 0 Å². The Morgan fingerprint density at radius 2 is 1.62 bits per heavy atom. The minimum atomic E-state index is -0.311. The molecule has 1 saturated heterocycles. The van der Waals surface area contributed by atoms with Gasteiger partial charge in [-0.05, 0) is 46.9 Å². The van der Waals surface area contributed by atoms with Crippen LogP contribution in [0.5, 0.6) is 0 Å². The number of carbonyl (C=O) groups excluding carboxylic acids is 2. The van der Waals surface area contributed by atoms with Gasteiger partial charge >= 0.3 is 0 Å². The number of ether oxygens (including phenoxy) is 1. The Kier molecular flexibility index (Phi) is 8.70. The molecule has 0 bridgehead atoms. The molecular weight excluding hydrogens is 530 g/mol. The van der Waals surface area contributed by atoms with Crippen LogP contribution in [0.1, 0.15) is 64.0 Å². The summed E-state index contributed by atoms with van der Waals surface area (Å²) in [6.07, 6.45) is 1.88. The molecule has 2 N–H and O–H groups in total. The molecule has 0 atom stereocenters. The van der Waals surface area contributed by atoms with Crippen LogP contribution in [-0.2, 0) is 23.2 Å². The van der Waals surface area contributed by atoms with Crippen LogP contribution < -0.4 is 5.32 Å². The predicted molar refractivity (Wildman–Crippen MR) is 160 cm³/mol. The van der Waals surface area contributed by atoms with Crippen LogP contribution in [0, 0.1) is 0 Å². The second-order valence-electron chi connectivity index (χ2n) is 11.3. The molecule has 0 saturated carbocycles. The standard InChI is InChI=1S/C33H35N5O4/c1-33(2,3)25-13-11-23(12-14-25)31(40)36-28-6-4-5-26(27(28)20-39)30-35-21-34-29(37-30)19-22-7-9-24(10-8-22)32(41)38-15-17-42-18-16-38/h4-14,21,39H,15-20H2,1-3H3,(H,36,40). The highest BCUT2D eigenvalue weighted by Gasteiger charge is 2.19. The molecule has 2 heterocycles. The van der Waals surface area contributed by atoms with Crippen molar-refractivity contribution < 1.29 is 19.4 Å². The number of hydrogen-bond acceptors (Lipinski definition) is 7. The second-order valence-corrected chi connectivity index (χ2v) is 11.3. The fourth-order valence-electron chi connectivity index (χ4n) is 4.84. The SMILES string of the molecule is CC(C)(C)c1ccc(C(=O)Nc2cccc(-c3ncnc(Cc4ccc(C(=O)N5CCOCC5)cc4)n3)c2CO)cc1. The topological polar surface area (TPSA) is 118 Å². The summed E-state index contributed by atoms with van der Waals surface area (Å²) in [5.74, 6) is 0.672. The van der Waals surface area contributed by atoms with Gasteiger partial charge in [-0.25, -0.2) is 15.0 Å². The number of benzene rings is 3. The third-order valence-corrected chi connectivity index (χ3v) is 7.32. The number of aromatic nitrogens is 3. The molecule has 0 aliphatic carbocycles. The van der Waals surface area contributed by atoms with E-state index in [0.717, 1.165) is 11.1 Å². The highest BCUT2D eigenvalue weighted by Crippen LogP contribution is 2.28. The third kappa shape index (κ3) is 6.70. The Bertz CT molecular complexity index is 1560. The summed E-state index contributed by atoms with van der Waals surface area (Å²) >= 11 is 0. The molecule has 1 aromatic heterocycles. The number of anilines is 1. The lowest BCUT2D eigenvalue weighted by Gasteiger charge is -2.26. The van der Waals surface area contributed by atoms with Gasteiger partial charge in [-0.15, -0.1) is 0 Å². The molecule has 216 valence electrons. The van der Waals surface area contributed by atoms with Crippen molar-refractivity contribution in [3.63, 3.8) is 0 Å². The second kappa shape index (κ2) is 12.6. The molecule has 4 aromatic rings. The monoisotopic (exact) mass is 565 g/mol. The number of amides is 2. The van der Waals surface area contributed by atoms with Gasteiger partial charge in [0.25, 0.3) is 11.8 Å². The van der Waals surface area contributed by atoms with E-state index in [0.29, 0.717) is 72.3 Å². The van der Waals surface area contributed by atoms with Crippen LogP contribution in [0.15, 0.2) is 73.1 Å². The molecule has 0 spiro atoms. The maximum atomic E-state index is 13.0. The summed E-state index contributed by atoms with van der Waals surface area (Å²) in [5.41, 5.74) is 4.84. The fraction of sp³-hybridized carbons (Fsp3) is 0.303. The van der Waals surface area contributed by atoms with Crippen molar-refractivity contribution >= 4 is 17.5 Å². The first-order valence-corrected chi connectivity index (χ1v) is 14.0. The average molecular weight is 566 g/mol. The average Bonchev–Trinajstić information content (AvgIpc) is 3.01. The minimum Gasteiger partial charge on any atom is -0.392 e. The van der Waals surface area contributed by atoms with Gasteiger partial charge in [-0.3, -0.25) is 9.59 Å². The van der Waals surface area contributed by atoms with Gasteiger partial charge in [0.05, 0.1) is 19.8 Å². The lowest BCUT2D eigenvalue weighted by atomic mass is 9.86. The Balaban J connectivity index is 1.31. The van der Waals surface area contributed by atoms with Crippen molar-refractivity contribution in [2.75, 3.05) is 31.6 Å². The van der Waals surface area contributed by atoms with E-state index >= 15 is 0 Å². The summed E-state index contributed by atoms with van der Waals surface area (Å²) in [5, 5.41) is 13.2. The summed E-state index contributed by atoms with van der Waals surface area (Å²) in [7, 11) is 0. The molecule has 1 aliphatic heterocycles. The lowest BCUT2D eigenvalue weighted by Crippen LogP contribution is -2.40. The first-order valence-electron chi connectivity index (χ1n) is 14.0. The van der Waals surface area contributed by atoms with Gasteiger partial charge in [-0.1, -0.05) is 57.2 Å². The van der Waals surface area contributed by atoms with E-state index in [2.05, 4.69) is 41.0 Å². The largest absolute Gasteiger partial charge is 0.392 e. The maximum absolute atomic E-state index is 13.0. The van der Waals surface area contributed by atoms with E-state index in [1.807, 2.05) is 54.6 Å². The van der Waals surface area contributed by atoms with Crippen molar-refractivity contribution in [3.05, 3.63) is 107 Å². The van der Waals surface area contributed by atoms with Gasteiger partial charge in [-0.2, -0.15) is 0 Å². The first-order chi connectivity index (χ1) is 20.2. The molecule has 0 unspecified atom stereocenters. The van der Waals surface area contributed by atoms with Gasteiger partial charge in [0.15, 0.2) is 5.82 Å². The molecule has 3 aromatic carbocycles. The lowest BCUT2D eigenvalue weighted by molar-refractivity contribution is 0.0303. The van der Waals surface area contributed by atoms with Crippen LogP contribution in [0.3, 0.4) is 0 Å². The van der Waals surface area contributed by atoms with Gasteiger partial charge in [0, 0.05) is 47.5 Å². The number of nitrogens with zero attached hydrogens (tertiary/aromatic N) is 4. The van der Waals surface area contributed by atoms with Gasteiger partial charge in [0.2, 0.25) is 0 Å². The normalized spacial score (nSPS) is 13.6. The van der Waals surface area contributed by atoms with E-state index in [4.69, 9.17) is 4.74 Å². The fourth-order valence-corrected chi connectivity index (χ4v) is 4.84. The van der Waals surface area contributed by atoms with Crippen LogP contribution in [0.2, 0.25) is 0 Å². The Morgan fingerprint density at radius 3 is 2.29 bits per heavy atom. The highest BCUT2D eigenvalue weighted by molar-refractivity contribution is 6.05. The Morgan fingerprint density at radius 1 is 0.929 bits per heavy atom.